The largest absolute Gasteiger partial charge is 0.356 e. The van der Waals surface area contributed by atoms with Crippen molar-refractivity contribution in [3.8, 4) is 0 Å². The molecular formula is C15H28BrNO. The Hall–Kier alpha value is -0.0500. The Morgan fingerprint density at radius 1 is 1.22 bits per heavy atom. The number of hydrogen-bond acceptors (Lipinski definition) is 1. The minimum absolute atomic E-state index is 0.0381. The topological polar surface area (TPSA) is 29.1 Å². The smallest absolute Gasteiger partial charge is 0.226 e. The zero-order chi connectivity index (χ0) is 13.4. The second kappa shape index (κ2) is 8.19. The van der Waals surface area contributed by atoms with Crippen LogP contribution in [0, 0.1) is 11.3 Å². The first kappa shape index (κ1) is 16.0. The number of hydrogen-bond donors (Lipinski definition) is 1. The molecule has 0 aliphatic heterocycles. The third kappa shape index (κ3) is 4.91. The van der Waals surface area contributed by atoms with E-state index in [9.17, 15) is 4.79 Å². The van der Waals surface area contributed by atoms with E-state index in [0.717, 1.165) is 37.6 Å². The first-order valence-corrected chi connectivity index (χ1v) is 8.57. The van der Waals surface area contributed by atoms with E-state index in [4.69, 9.17) is 0 Å². The van der Waals surface area contributed by atoms with Crippen LogP contribution in [0.4, 0.5) is 0 Å². The van der Waals surface area contributed by atoms with E-state index in [-0.39, 0.29) is 5.41 Å². The fourth-order valence-electron chi connectivity index (χ4n) is 3.14. The third-order valence-electron chi connectivity index (χ3n) is 3.94. The summed E-state index contributed by atoms with van der Waals surface area (Å²) in [5, 5.41) is 4.24. The fourth-order valence-corrected chi connectivity index (χ4v) is 3.54. The zero-order valence-corrected chi connectivity index (χ0v) is 13.5. The lowest BCUT2D eigenvalue weighted by Gasteiger charge is -2.29. The van der Waals surface area contributed by atoms with Crippen LogP contribution in [0.1, 0.15) is 65.2 Å². The van der Waals surface area contributed by atoms with Gasteiger partial charge < -0.3 is 5.32 Å². The third-order valence-corrected chi connectivity index (χ3v) is 4.50. The molecule has 0 aromatic heterocycles. The van der Waals surface area contributed by atoms with E-state index < -0.39 is 0 Å². The van der Waals surface area contributed by atoms with Crippen molar-refractivity contribution in [3.63, 3.8) is 0 Å². The molecule has 106 valence electrons. The van der Waals surface area contributed by atoms with Crippen molar-refractivity contribution in [3.05, 3.63) is 0 Å². The Kier molecular flexibility index (Phi) is 7.28. The SMILES string of the molecule is CC(C)CC1(C(=O)NCCCCCBr)CCCC1. The number of rotatable bonds is 8. The molecular weight excluding hydrogens is 290 g/mol. The minimum Gasteiger partial charge on any atom is -0.356 e. The molecule has 0 radical (unpaired) electrons. The van der Waals surface area contributed by atoms with Crippen molar-refractivity contribution in [2.75, 3.05) is 11.9 Å². The molecule has 0 aromatic carbocycles. The zero-order valence-electron chi connectivity index (χ0n) is 11.9. The summed E-state index contributed by atoms with van der Waals surface area (Å²) in [4.78, 5) is 12.4. The van der Waals surface area contributed by atoms with Gasteiger partial charge in [-0.25, -0.2) is 0 Å². The maximum Gasteiger partial charge on any atom is 0.226 e. The molecule has 0 atom stereocenters. The monoisotopic (exact) mass is 317 g/mol. The molecule has 1 saturated carbocycles. The molecule has 0 aromatic rings. The van der Waals surface area contributed by atoms with Gasteiger partial charge in [0.05, 0.1) is 0 Å². The van der Waals surface area contributed by atoms with Gasteiger partial charge in [-0.1, -0.05) is 49.0 Å². The Morgan fingerprint density at radius 2 is 1.89 bits per heavy atom. The van der Waals surface area contributed by atoms with Gasteiger partial charge in [0.1, 0.15) is 0 Å². The van der Waals surface area contributed by atoms with Gasteiger partial charge in [-0.05, 0) is 38.0 Å². The summed E-state index contributed by atoms with van der Waals surface area (Å²) in [6.07, 6.45) is 9.20. The molecule has 0 spiro atoms. The molecule has 3 heteroatoms. The van der Waals surface area contributed by atoms with Gasteiger partial charge in [0, 0.05) is 17.3 Å². The van der Waals surface area contributed by atoms with Crippen molar-refractivity contribution >= 4 is 21.8 Å². The van der Waals surface area contributed by atoms with Crippen molar-refractivity contribution in [1.82, 2.24) is 5.32 Å². The maximum absolute atomic E-state index is 12.4. The van der Waals surface area contributed by atoms with Gasteiger partial charge in [-0.2, -0.15) is 0 Å². The Morgan fingerprint density at radius 3 is 2.44 bits per heavy atom. The summed E-state index contributed by atoms with van der Waals surface area (Å²) < 4.78 is 0. The molecule has 1 fully saturated rings. The molecule has 1 amide bonds. The summed E-state index contributed by atoms with van der Waals surface area (Å²) in [5.74, 6) is 0.940. The van der Waals surface area contributed by atoms with Gasteiger partial charge in [0.2, 0.25) is 5.91 Å². The number of amides is 1. The van der Waals surface area contributed by atoms with Gasteiger partial charge >= 0.3 is 0 Å². The first-order valence-electron chi connectivity index (χ1n) is 7.45. The number of nitrogens with one attached hydrogen (secondary N) is 1. The molecule has 0 heterocycles. The molecule has 18 heavy (non-hydrogen) atoms. The van der Waals surface area contributed by atoms with Crippen LogP contribution in [-0.2, 0) is 4.79 Å². The minimum atomic E-state index is -0.0381. The van der Waals surface area contributed by atoms with Crippen LogP contribution in [0.5, 0.6) is 0 Å². The predicted molar refractivity (Wildman–Crippen MR) is 81.0 cm³/mol. The van der Waals surface area contributed by atoms with Gasteiger partial charge in [-0.15, -0.1) is 0 Å². The molecule has 0 bridgehead atoms. The molecule has 0 unspecified atom stereocenters. The van der Waals surface area contributed by atoms with Crippen molar-refractivity contribution in [2.45, 2.75) is 65.2 Å². The van der Waals surface area contributed by atoms with Crippen LogP contribution in [0.2, 0.25) is 0 Å². The van der Waals surface area contributed by atoms with Crippen LogP contribution in [0.25, 0.3) is 0 Å². The van der Waals surface area contributed by atoms with E-state index in [2.05, 4.69) is 35.1 Å². The van der Waals surface area contributed by atoms with Crippen molar-refractivity contribution in [1.29, 1.82) is 0 Å². The number of halogens is 1. The molecule has 0 saturated heterocycles. The van der Waals surface area contributed by atoms with E-state index in [1.165, 1.54) is 25.7 Å². The highest BCUT2D eigenvalue weighted by Crippen LogP contribution is 2.43. The molecule has 1 aliphatic rings. The van der Waals surface area contributed by atoms with Gasteiger partial charge in [0.15, 0.2) is 0 Å². The standard InChI is InChI=1S/C15H28BrNO/c1-13(2)12-15(8-4-5-9-15)14(18)17-11-7-3-6-10-16/h13H,3-12H2,1-2H3,(H,17,18). The summed E-state index contributed by atoms with van der Waals surface area (Å²) in [6, 6.07) is 0. The quantitative estimate of drug-likeness (QED) is 0.525. The lowest BCUT2D eigenvalue weighted by molar-refractivity contribution is -0.131. The maximum atomic E-state index is 12.4. The van der Waals surface area contributed by atoms with Crippen LogP contribution in [0.3, 0.4) is 0 Å². The predicted octanol–water partition coefficient (Wildman–Crippen LogP) is 4.27. The lowest BCUT2D eigenvalue weighted by Crippen LogP contribution is -2.40. The fraction of sp³-hybridized carbons (Fsp3) is 0.933. The van der Waals surface area contributed by atoms with Crippen LogP contribution in [-0.4, -0.2) is 17.8 Å². The average molecular weight is 318 g/mol. The van der Waals surface area contributed by atoms with Crippen LogP contribution < -0.4 is 5.32 Å². The number of carbonyl (C=O) groups is 1. The van der Waals surface area contributed by atoms with Crippen molar-refractivity contribution in [2.24, 2.45) is 11.3 Å². The van der Waals surface area contributed by atoms with Gasteiger partial charge in [0.25, 0.3) is 0 Å². The van der Waals surface area contributed by atoms with Crippen LogP contribution >= 0.6 is 15.9 Å². The highest BCUT2D eigenvalue weighted by molar-refractivity contribution is 9.09. The highest BCUT2D eigenvalue weighted by Gasteiger charge is 2.40. The Bertz CT molecular complexity index is 247. The van der Waals surface area contributed by atoms with E-state index >= 15 is 0 Å². The summed E-state index contributed by atoms with van der Waals surface area (Å²) in [5.41, 5.74) is -0.0381. The lowest BCUT2D eigenvalue weighted by atomic mass is 9.77. The second-order valence-electron chi connectivity index (χ2n) is 6.09. The van der Waals surface area contributed by atoms with Crippen LogP contribution in [0.15, 0.2) is 0 Å². The normalized spacial score (nSPS) is 18.2. The summed E-state index contributed by atoms with van der Waals surface area (Å²) >= 11 is 3.43. The first-order chi connectivity index (χ1) is 8.60. The number of alkyl halides is 1. The highest BCUT2D eigenvalue weighted by atomic mass is 79.9. The molecule has 1 rings (SSSR count). The van der Waals surface area contributed by atoms with Gasteiger partial charge in [-0.3, -0.25) is 4.79 Å². The van der Waals surface area contributed by atoms with E-state index in [1.54, 1.807) is 0 Å². The summed E-state index contributed by atoms with van der Waals surface area (Å²) in [7, 11) is 0. The Balaban J connectivity index is 2.36. The van der Waals surface area contributed by atoms with E-state index in [0.29, 0.717) is 11.8 Å². The Labute approximate surface area is 120 Å². The second-order valence-corrected chi connectivity index (χ2v) is 6.88. The number of carbonyl (C=O) groups excluding carboxylic acids is 1. The van der Waals surface area contributed by atoms with Crippen molar-refractivity contribution < 1.29 is 4.79 Å². The average Bonchev–Trinajstić information content (AvgIpc) is 2.77. The molecule has 1 aliphatic carbocycles. The number of unbranched alkanes of at least 4 members (excludes halogenated alkanes) is 2. The summed E-state index contributed by atoms with van der Waals surface area (Å²) in [6.45, 7) is 5.30. The van der Waals surface area contributed by atoms with E-state index in [1.807, 2.05) is 0 Å². The molecule has 1 N–H and O–H groups in total. The molecule has 2 nitrogen and oxygen atoms in total.